The minimum Gasteiger partial charge on any atom is -0.460 e. The van der Waals surface area contributed by atoms with Crippen LogP contribution < -0.4 is 5.73 Å². The zero-order valence-electron chi connectivity index (χ0n) is 8.54. The number of rotatable bonds is 4. The fourth-order valence-electron chi connectivity index (χ4n) is 0.787. The van der Waals surface area contributed by atoms with E-state index in [2.05, 4.69) is 0 Å². The average Bonchev–Trinajstić information content (AvgIpc) is 1.97. The van der Waals surface area contributed by atoms with Crippen LogP contribution >= 0.6 is 0 Å². The molecule has 13 heavy (non-hydrogen) atoms. The van der Waals surface area contributed by atoms with E-state index < -0.39 is 5.60 Å². The van der Waals surface area contributed by atoms with Gasteiger partial charge in [-0.25, -0.2) is 0 Å². The van der Waals surface area contributed by atoms with Crippen LogP contribution in [0.3, 0.4) is 0 Å². The Morgan fingerprint density at radius 3 is 2.46 bits per heavy atom. The van der Waals surface area contributed by atoms with Crippen molar-refractivity contribution in [2.75, 3.05) is 6.61 Å². The predicted molar refractivity (Wildman–Crippen MR) is 50.1 cm³/mol. The van der Waals surface area contributed by atoms with Gasteiger partial charge < -0.3 is 15.6 Å². The van der Waals surface area contributed by atoms with Gasteiger partial charge in [0.1, 0.15) is 5.60 Å². The van der Waals surface area contributed by atoms with Gasteiger partial charge in [0.2, 0.25) is 0 Å². The zero-order valence-corrected chi connectivity index (χ0v) is 8.54. The predicted octanol–water partition coefficient (Wildman–Crippen LogP) is 0.428. The van der Waals surface area contributed by atoms with Crippen LogP contribution in [0.5, 0.6) is 0 Å². The Bertz CT molecular complexity index is 163. The molecule has 0 aliphatic carbocycles. The van der Waals surface area contributed by atoms with Crippen molar-refractivity contribution in [1.29, 1.82) is 0 Å². The number of esters is 1. The van der Waals surface area contributed by atoms with Crippen LogP contribution in [0.4, 0.5) is 0 Å². The molecule has 0 unspecified atom stereocenters. The van der Waals surface area contributed by atoms with Crippen molar-refractivity contribution < 1.29 is 14.6 Å². The number of hydrogen-bond donors (Lipinski definition) is 2. The van der Waals surface area contributed by atoms with E-state index in [0.717, 1.165) is 0 Å². The summed E-state index contributed by atoms with van der Waals surface area (Å²) in [5.41, 5.74) is 4.98. The topological polar surface area (TPSA) is 72.5 Å². The number of nitrogens with two attached hydrogens (primary N) is 1. The summed E-state index contributed by atoms with van der Waals surface area (Å²) in [6.45, 7) is 5.35. The third-order valence-corrected chi connectivity index (χ3v) is 1.37. The van der Waals surface area contributed by atoms with Gasteiger partial charge in [-0.1, -0.05) is 0 Å². The van der Waals surface area contributed by atoms with Crippen LogP contribution in [0, 0.1) is 0 Å². The summed E-state index contributed by atoms with van der Waals surface area (Å²) in [5.74, 6) is -0.267. The number of aliphatic hydroxyl groups is 1. The first kappa shape index (κ1) is 12.4. The highest BCUT2D eigenvalue weighted by atomic mass is 16.6. The Hall–Kier alpha value is -0.610. The summed E-state index contributed by atoms with van der Waals surface area (Å²) in [4.78, 5) is 11.1. The van der Waals surface area contributed by atoms with Gasteiger partial charge in [0, 0.05) is 12.5 Å². The van der Waals surface area contributed by atoms with E-state index in [9.17, 15) is 4.79 Å². The third-order valence-electron chi connectivity index (χ3n) is 1.37. The first-order chi connectivity index (χ1) is 5.85. The molecule has 4 nitrogen and oxygen atoms in total. The minimum atomic E-state index is -0.444. The van der Waals surface area contributed by atoms with Crippen LogP contribution in [-0.2, 0) is 9.53 Å². The minimum absolute atomic E-state index is 0.0944. The summed E-state index contributed by atoms with van der Waals surface area (Å²) in [5, 5.41) is 8.60. The van der Waals surface area contributed by atoms with Crippen molar-refractivity contribution in [3.8, 4) is 0 Å². The Labute approximate surface area is 79.1 Å². The number of aliphatic hydroxyl groups excluding tert-OH is 1. The quantitative estimate of drug-likeness (QED) is 0.629. The van der Waals surface area contributed by atoms with Gasteiger partial charge >= 0.3 is 5.97 Å². The first-order valence-corrected chi connectivity index (χ1v) is 4.43. The molecule has 0 saturated heterocycles. The van der Waals surface area contributed by atoms with Crippen LogP contribution in [-0.4, -0.2) is 29.3 Å². The highest BCUT2D eigenvalue weighted by Crippen LogP contribution is 2.09. The Kier molecular flexibility index (Phi) is 4.95. The van der Waals surface area contributed by atoms with Gasteiger partial charge in [0.15, 0.2) is 0 Å². The molecular weight excluding hydrogens is 170 g/mol. The molecule has 0 bridgehead atoms. The van der Waals surface area contributed by atoms with Gasteiger partial charge in [-0.3, -0.25) is 4.79 Å². The van der Waals surface area contributed by atoms with E-state index in [1.807, 2.05) is 20.8 Å². The van der Waals surface area contributed by atoms with Crippen molar-refractivity contribution in [2.24, 2.45) is 5.73 Å². The number of ether oxygens (including phenoxy) is 1. The fourth-order valence-corrected chi connectivity index (χ4v) is 0.787. The molecule has 0 radical (unpaired) electrons. The van der Waals surface area contributed by atoms with E-state index in [0.29, 0.717) is 6.42 Å². The van der Waals surface area contributed by atoms with Crippen molar-refractivity contribution in [1.82, 2.24) is 0 Å². The molecule has 4 heteroatoms. The van der Waals surface area contributed by atoms with Crippen LogP contribution in [0.15, 0.2) is 0 Å². The molecule has 0 aromatic rings. The molecule has 1 atom stereocenters. The monoisotopic (exact) mass is 189 g/mol. The molecule has 0 amide bonds. The first-order valence-electron chi connectivity index (χ1n) is 4.43. The maximum absolute atomic E-state index is 11.1. The average molecular weight is 189 g/mol. The summed E-state index contributed by atoms with van der Waals surface area (Å²) in [6, 6.07) is -0.326. The number of hydrogen-bond acceptors (Lipinski definition) is 4. The fraction of sp³-hybridized carbons (Fsp3) is 0.889. The highest BCUT2D eigenvalue weighted by molar-refractivity contribution is 5.69. The van der Waals surface area contributed by atoms with Gasteiger partial charge in [0.25, 0.3) is 0 Å². The van der Waals surface area contributed by atoms with Crippen LogP contribution in [0.1, 0.15) is 33.6 Å². The SMILES string of the molecule is CC(C)(C)OC(=O)CC[C@H](N)CO. The van der Waals surface area contributed by atoms with Gasteiger partial charge in [0.05, 0.1) is 6.61 Å². The number of carbonyl (C=O) groups is 1. The smallest absolute Gasteiger partial charge is 0.306 e. The van der Waals surface area contributed by atoms with Crippen molar-refractivity contribution in [2.45, 2.75) is 45.3 Å². The lowest BCUT2D eigenvalue weighted by atomic mass is 10.1. The molecule has 0 rings (SSSR count). The second-order valence-corrected chi connectivity index (χ2v) is 4.07. The second-order valence-electron chi connectivity index (χ2n) is 4.07. The van der Waals surface area contributed by atoms with Crippen molar-refractivity contribution >= 4 is 5.97 Å². The lowest BCUT2D eigenvalue weighted by Crippen LogP contribution is -2.28. The standard InChI is InChI=1S/C9H19NO3/c1-9(2,3)13-8(12)5-4-7(10)6-11/h7,11H,4-6,10H2,1-3H3/t7-/m0/s1. The third kappa shape index (κ3) is 7.74. The molecule has 78 valence electrons. The summed E-state index contributed by atoms with van der Waals surface area (Å²) >= 11 is 0. The van der Waals surface area contributed by atoms with E-state index in [1.54, 1.807) is 0 Å². The second kappa shape index (κ2) is 5.19. The van der Waals surface area contributed by atoms with E-state index >= 15 is 0 Å². The van der Waals surface area contributed by atoms with E-state index in [-0.39, 0.29) is 25.0 Å². The molecule has 3 N–H and O–H groups in total. The normalized spacial score (nSPS) is 13.9. The largest absolute Gasteiger partial charge is 0.460 e. The van der Waals surface area contributed by atoms with Gasteiger partial charge in [-0.2, -0.15) is 0 Å². The van der Waals surface area contributed by atoms with Crippen molar-refractivity contribution in [3.63, 3.8) is 0 Å². The molecule has 0 heterocycles. The Morgan fingerprint density at radius 2 is 2.08 bits per heavy atom. The molecule has 0 aliphatic rings. The molecule has 0 saturated carbocycles. The molecular formula is C9H19NO3. The lowest BCUT2D eigenvalue weighted by molar-refractivity contribution is -0.155. The van der Waals surface area contributed by atoms with Gasteiger partial charge in [-0.15, -0.1) is 0 Å². The highest BCUT2D eigenvalue weighted by Gasteiger charge is 2.16. The number of carbonyl (C=O) groups excluding carboxylic acids is 1. The van der Waals surface area contributed by atoms with Crippen LogP contribution in [0.2, 0.25) is 0 Å². The summed E-state index contributed by atoms with van der Waals surface area (Å²) in [7, 11) is 0. The summed E-state index contributed by atoms with van der Waals surface area (Å²) in [6.07, 6.45) is 0.727. The molecule has 0 aliphatic heterocycles. The van der Waals surface area contributed by atoms with E-state index in [4.69, 9.17) is 15.6 Å². The molecule has 0 aromatic heterocycles. The molecule has 0 aromatic carbocycles. The maximum Gasteiger partial charge on any atom is 0.306 e. The lowest BCUT2D eigenvalue weighted by Gasteiger charge is -2.19. The Balaban J connectivity index is 3.64. The van der Waals surface area contributed by atoms with Crippen LogP contribution in [0.25, 0.3) is 0 Å². The van der Waals surface area contributed by atoms with Gasteiger partial charge in [-0.05, 0) is 27.2 Å². The zero-order chi connectivity index (χ0) is 10.5. The molecule has 0 fully saturated rings. The maximum atomic E-state index is 11.1. The Morgan fingerprint density at radius 1 is 1.54 bits per heavy atom. The van der Waals surface area contributed by atoms with E-state index in [1.165, 1.54) is 0 Å². The van der Waals surface area contributed by atoms with Crippen molar-refractivity contribution in [3.05, 3.63) is 0 Å². The molecule has 0 spiro atoms. The summed E-state index contributed by atoms with van der Waals surface area (Å²) < 4.78 is 5.06.